The van der Waals surface area contributed by atoms with E-state index in [9.17, 15) is 14.0 Å². The van der Waals surface area contributed by atoms with Crippen LogP contribution in [-0.4, -0.2) is 41.2 Å². The van der Waals surface area contributed by atoms with Crippen molar-refractivity contribution in [3.8, 4) is 0 Å². The number of carbonyl (C=O) groups is 2. The van der Waals surface area contributed by atoms with Crippen molar-refractivity contribution in [1.29, 1.82) is 0 Å². The van der Waals surface area contributed by atoms with Crippen molar-refractivity contribution in [3.05, 3.63) is 35.6 Å². The van der Waals surface area contributed by atoms with Crippen LogP contribution in [-0.2, 0) is 9.59 Å². The molecule has 1 atom stereocenters. The highest BCUT2D eigenvalue weighted by atomic mass is 19.1. The summed E-state index contributed by atoms with van der Waals surface area (Å²) in [7, 11) is 0. The van der Waals surface area contributed by atoms with Gasteiger partial charge in [-0.15, -0.1) is 0 Å². The number of hydrogen-bond acceptors (Lipinski definition) is 2. The van der Waals surface area contributed by atoms with E-state index in [4.69, 9.17) is 0 Å². The summed E-state index contributed by atoms with van der Waals surface area (Å²) in [6.45, 7) is 1.57. The van der Waals surface area contributed by atoms with E-state index in [2.05, 4.69) is 0 Å². The van der Waals surface area contributed by atoms with E-state index in [0.29, 0.717) is 19.5 Å². The molecular formula is C19H25FN2O2. The van der Waals surface area contributed by atoms with Crippen LogP contribution in [0.3, 0.4) is 0 Å². The molecule has 0 saturated carbocycles. The fourth-order valence-electron chi connectivity index (χ4n) is 3.53. The van der Waals surface area contributed by atoms with Gasteiger partial charge in [0, 0.05) is 19.5 Å². The van der Waals surface area contributed by atoms with E-state index in [1.807, 2.05) is 4.90 Å². The Hall–Kier alpha value is -1.91. The Bertz CT molecular complexity index is 588. The quantitative estimate of drug-likeness (QED) is 0.852. The Kier molecular flexibility index (Phi) is 5.48. The predicted molar refractivity (Wildman–Crippen MR) is 89.8 cm³/mol. The minimum absolute atomic E-state index is 0.00294. The van der Waals surface area contributed by atoms with Gasteiger partial charge in [-0.25, -0.2) is 4.39 Å². The largest absolute Gasteiger partial charge is 0.334 e. The number of rotatable bonds is 3. The van der Waals surface area contributed by atoms with Crippen LogP contribution >= 0.6 is 0 Å². The number of carbonyl (C=O) groups excluding carboxylic acids is 2. The first kappa shape index (κ1) is 16.9. The van der Waals surface area contributed by atoms with Gasteiger partial charge in [-0.05, 0) is 37.0 Å². The van der Waals surface area contributed by atoms with Gasteiger partial charge in [-0.2, -0.15) is 0 Å². The van der Waals surface area contributed by atoms with Gasteiger partial charge in [-0.1, -0.05) is 31.4 Å². The molecular weight excluding hydrogens is 307 g/mol. The van der Waals surface area contributed by atoms with Gasteiger partial charge in [0.15, 0.2) is 0 Å². The molecule has 0 aromatic heterocycles. The number of hydrogen-bond donors (Lipinski definition) is 0. The maximum absolute atomic E-state index is 13.1. The smallest absolute Gasteiger partial charge is 0.242 e. The molecule has 2 aliphatic rings. The number of amides is 2. The molecule has 0 N–H and O–H groups in total. The summed E-state index contributed by atoms with van der Waals surface area (Å²) in [4.78, 5) is 28.5. The van der Waals surface area contributed by atoms with Crippen molar-refractivity contribution in [3.63, 3.8) is 0 Å². The predicted octanol–water partition coefficient (Wildman–Crippen LogP) is 3.28. The first-order valence-corrected chi connectivity index (χ1v) is 8.98. The molecule has 1 aromatic rings. The summed E-state index contributed by atoms with van der Waals surface area (Å²) in [5.74, 6) is -0.162. The van der Waals surface area contributed by atoms with Crippen LogP contribution < -0.4 is 0 Å². The molecule has 24 heavy (non-hydrogen) atoms. The molecule has 2 amide bonds. The summed E-state index contributed by atoms with van der Waals surface area (Å²) in [6, 6.07) is 6.37. The first-order chi connectivity index (χ1) is 11.6. The van der Waals surface area contributed by atoms with E-state index >= 15 is 0 Å². The number of nitrogens with zero attached hydrogens (tertiary/aromatic N) is 2. The molecule has 0 spiro atoms. The van der Waals surface area contributed by atoms with Crippen LogP contribution in [0.25, 0.3) is 0 Å². The molecule has 1 unspecified atom stereocenters. The lowest BCUT2D eigenvalue weighted by molar-refractivity contribution is -0.145. The highest BCUT2D eigenvalue weighted by Gasteiger charge is 2.34. The van der Waals surface area contributed by atoms with Gasteiger partial charge in [-0.3, -0.25) is 9.59 Å². The Morgan fingerprint density at radius 1 is 1.04 bits per heavy atom. The van der Waals surface area contributed by atoms with Crippen molar-refractivity contribution < 1.29 is 14.0 Å². The maximum atomic E-state index is 13.1. The summed E-state index contributed by atoms with van der Waals surface area (Å²) < 4.78 is 13.1. The molecule has 1 aromatic carbocycles. The molecule has 2 aliphatic heterocycles. The molecule has 0 radical (unpaired) electrons. The number of likely N-dealkylation sites (tertiary alicyclic amines) is 1. The van der Waals surface area contributed by atoms with Gasteiger partial charge in [0.25, 0.3) is 0 Å². The minimum atomic E-state index is -0.266. The first-order valence-electron chi connectivity index (χ1n) is 8.98. The van der Waals surface area contributed by atoms with E-state index in [0.717, 1.165) is 37.7 Å². The Morgan fingerprint density at radius 3 is 2.46 bits per heavy atom. The third kappa shape index (κ3) is 3.94. The molecule has 3 rings (SSSR count). The molecule has 130 valence electrons. The van der Waals surface area contributed by atoms with Crippen LogP contribution in [0, 0.1) is 5.82 Å². The van der Waals surface area contributed by atoms with Crippen LogP contribution in [0.1, 0.15) is 56.6 Å². The highest BCUT2D eigenvalue weighted by Crippen LogP contribution is 2.33. The van der Waals surface area contributed by atoms with Crippen molar-refractivity contribution in [2.75, 3.05) is 19.6 Å². The number of halogens is 1. The monoisotopic (exact) mass is 332 g/mol. The number of benzene rings is 1. The van der Waals surface area contributed by atoms with Crippen molar-refractivity contribution in [1.82, 2.24) is 9.80 Å². The zero-order chi connectivity index (χ0) is 16.9. The Balaban J connectivity index is 1.61. The zero-order valence-corrected chi connectivity index (χ0v) is 14.0. The second kappa shape index (κ2) is 7.77. The molecule has 0 aliphatic carbocycles. The topological polar surface area (TPSA) is 40.6 Å². The van der Waals surface area contributed by atoms with Gasteiger partial charge in [0.05, 0.1) is 12.6 Å². The van der Waals surface area contributed by atoms with Gasteiger partial charge < -0.3 is 9.80 Å². The van der Waals surface area contributed by atoms with Gasteiger partial charge in [0.2, 0.25) is 11.8 Å². The van der Waals surface area contributed by atoms with E-state index < -0.39 is 0 Å². The van der Waals surface area contributed by atoms with Crippen molar-refractivity contribution >= 4 is 11.8 Å². The van der Waals surface area contributed by atoms with Crippen LogP contribution in [0.2, 0.25) is 0 Å². The third-order valence-corrected chi connectivity index (χ3v) is 5.09. The molecule has 2 heterocycles. The van der Waals surface area contributed by atoms with E-state index in [1.54, 1.807) is 17.0 Å². The summed E-state index contributed by atoms with van der Waals surface area (Å²) >= 11 is 0. The molecule has 0 bridgehead atoms. The fourth-order valence-corrected chi connectivity index (χ4v) is 3.53. The second-order valence-electron chi connectivity index (χ2n) is 6.78. The fraction of sp³-hybridized carbons (Fsp3) is 0.579. The lowest BCUT2D eigenvalue weighted by Gasteiger charge is -2.42. The molecule has 5 heteroatoms. The third-order valence-electron chi connectivity index (χ3n) is 5.09. The molecule has 4 nitrogen and oxygen atoms in total. The minimum Gasteiger partial charge on any atom is -0.334 e. The Labute approximate surface area is 142 Å². The zero-order valence-electron chi connectivity index (χ0n) is 14.0. The van der Waals surface area contributed by atoms with Crippen molar-refractivity contribution in [2.24, 2.45) is 0 Å². The lowest BCUT2D eigenvalue weighted by atomic mass is 9.94. The average molecular weight is 332 g/mol. The highest BCUT2D eigenvalue weighted by molar-refractivity contribution is 5.85. The van der Waals surface area contributed by atoms with Crippen LogP contribution in [0.5, 0.6) is 0 Å². The van der Waals surface area contributed by atoms with Gasteiger partial charge in [0.1, 0.15) is 5.82 Å². The van der Waals surface area contributed by atoms with Gasteiger partial charge >= 0.3 is 0 Å². The lowest BCUT2D eigenvalue weighted by Crippen LogP contribution is -2.50. The average Bonchev–Trinajstić information content (AvgIpc) is 2.62. The standard InChI is InChI=1S/C19H25FN2O2/c20-16-9-7-15(8-10-16)17-11-13-22(17)19(24)14-21-12-5-3-1-2-4-6-18(21)23/h7-10,17H,1-6,11-14H2. The molecule has 2 fully saturated rings. The summed E-state index contributed by atoms with van der Waals surface area (Å²) in [5, 5.41) is 0. The summed E-state index contributed by atoms with van der Waals surface area (Å²) in [5.41, 5.74) is 0.965. The van der Waals surface area contributed by atoms with E-state index in [-0.39, 0.29) is 30.2 Å². The van der Waals surface area contributed by atoms with Crippen LogP contribution in [0.15, 0.2) is 24.3 Å². The van der Waals surface area contributed by atoms with Crippen LogP contribution in [0.4, 0.5) is 4.39 Å². The van der Waals surface area contributed by atoms with E-state index in [1.165, 1.54) is 18.6 Å². The Morgan fingerprint density at radius 2 is 1.75 bits per heavy atom. The second-order valence-corrected chi connectivity index (χ2v) is 6.78. The normalized spacial score (nSPS) is 22.4. The van der Waals surface area contributed by atoms with Crippen molar-refractivity contribution in [2.45, 2.75) is 51.0 Å². The SMILES string of the molecule is O=C1CCCCCCCN1CC(=O)N1CCC1c1ccc(F)cc1. The summed E-state index contributed by atoms with van der Waals surface area (Å²) in [6.07, 6.45) is 6.74. The maximum Gasteiger partial charge on any atom is 0.242 e. The molecule has 2 saturated heterocycles.